The number of rotatable bonds is 8. The quantitative estimate of drug-likeness (QED) is 0.253. The van der Waals surface area contributed by atoms with Crippen molar-refractivity contribution < 1.29 is 29.4 Å². The molecule has 11 heteroatoms. The third-order valence-electron chi connectivity index (χ3n) is 5.06. The fourth-order valence-electron chi connectivity index (χ4n) is 3.49. The summed E-state index contributed by atoms with van der Waals surface area (Å²) in [5, 5.41) is 27.1. The Morgan fingerprint density at radius 3 is 2.43 bits per heavy atom. The van der Waals surface area contributed by atoms with Crippen LogP contribution in [-0.4, -0.2) is 87.9 Å². The van der Waals surface area contributed by atoms with Crippen molar-refractivity contribution in [1.82, 2.24) is 20.9 Å². The highest BCUT2D eigenvalue weighted by molar-refractivity contribution is 7.80. The number of aliphatic hydroxyl groups is 1. The van der Waals surface area contributed by atoms with Crippen molar-refractivity contribution in [3.05, 3.63) is 0 Å². The smallest absolute Gasteiger partial charge is 0.327 e. The Bertz CT molecular complexity index is 610. The van der Waals surface area contributed by atoms with E-state index in [2.05, 4.69) is 28.6 Å². The standard InChI is InChI=1S/C17H28N4O6S/c1-9(22)13(20-14(23)10-4-2-6-18-10)16(25)21-7-3-5-12(21)15(24)19-11(8-28)17(26)27/h9-13,18,22,28H,2-8H2,1H3,(H,19,24)(H,20,23)(H,26,27). The van der Waals surface area contributed by atoms with Gasteiger partial charge in [-0.05, 0) is 39.2 Å². The molecule has 2 heterocycles. The number of likely N-dealkylation sites (tertiary alicyclic amines) is 1. The fraction of sp³-hybridized carbons (Fsp3) is 0.765. The van der Waals surface area contributed by atoms with Gasteiger partial charge < -0.3 is 31.1 Å². The van der Waals surface area contributed by atoms with Gasteiger partial charge >= 0.3 is 5.97 Å². The van der Waals surface area contributed by atoms with E-state index in [4.69, 9.17) is 5.11 Å². The number of aliphatic carboxylic acids is 1. The normalized spacial score (nSPS) is 25.0. The second kappa shape index (κ2) is 10.1. The van der Waals surface area contributed by atoms with Crippen molar-refractivity contribution in [2.75, 3.05) is 18.8 Å². The molecular weight excluding hydrogens is 388 g/mol. The number of carbonyl (C=O) groups excluding carboxylic acids is 3. The van der Waals surface area contributed by atoms with Gasteiger partial charge in [0.05, 0.1) is 12.1 Å². The molecule has 158 valence electrons. The van der Waals surface area contributed by atoms with E-state index in [0.29, 0.717) is 19.3 Å². The first kappa shape index (κ1) is 22.4. The lowest BCUT2D eigenvalue weighted by molar-refractivity contribution is -0.145. The van der Waals surface area contributed by atoms with E-state index in [1.54, 1.807) is 0 Å². The highest BCUT2D eigenvalue weighted by Gasteiger charge is 2.40. The van der Waals surface area contributed by atoms with Crippen LogP contribution in [0, 0.1) is 0 Å². The molecule has 5 atom stereocenters. The Balaban J connectivity index is 2.06. The highest BCUT2D eigenvalue weighted by Crippen LogP contribution is 2.20. The van der Waals surface area contributed by atoms with Gasteiger partial charge in [0.25, 0.3) is 0 Å². The Kier molecular flexibility index (Phi) is 8.08. The molecule has 5 unspecified atom stereocenters. The summed E-state index contributed by atoms with van der Waals surface area (Å²) in [4.78, 5) is 50.2. The molecule has 0 aromatic heterocycles. The van der Waals surface area contributed by atoms with Gasteiger partial charge in [-0.2, -0.15) is 12.6 Å². The van der Waals surface area contributed by atoms with Crippen LogP contribution in [0.3, 0.4) is 0 Å². The first-order chi connectivity index (χ1) is 13.3. The third kappa shape index (κ3) is 5.36. The van der Waals surface area contributed by atoms with Crippen LogP contribution in [0.15, 0.2) is 0 Å². The van der Waals surface area contributed by atoms with Crippen LogP contribution < -0.4 is 16.0 Å². The number of carbonyl (C=O) groups is 4. The van der Waals surface area contributed by atoms with E-state index in [-0.39, 0.29) is 18.2 Å². The van der Waals surface area contributed by atoms with Crippen molar-refractivity contribution in [3.63, 3.8) is 0 Å². The maximum Gasteiger partial charge on any atom is 0.327 e. The number of nitrogens with one attached hydrogen (secondary N) is 3. The van der Waals surface area contributed by atoms with Gasteiger partial charge in [-0.1, -0.05) is 0 Å². The van der Waals surface area contributed by atoms with Gasteiger partial charge in [0.15, 0.2) is 0 Å². The molecule has 0 saturated carbocycles. The topological polar surface area (TPSA) is 148 Å². The van der Waals surface area contributed by atoms with Gasteiger partial charge in [0, 0.05) is 12.3 Å². The first-order valence-corrected chi connectivity index (χ1v) is 10.1. The van der Waals surface area contributed by atoms with Gasteiger partial charge in [0.2, 0.25) is 17.7 Å². The van der Waals surface area contributed by atoms with Gasteiger partial charge in [-0.15, -0.1) is 0 Å². The minimum absolute atomic E-state index is 0.0809. The predicted octanol–water partition coefficient (Wildman–Crippen LogP) is -1.91. The third-order valence-corrected chi connectivity index (χ3v) is 5.42. The zero-order valence-corrected chi connectivity index (χ0v) is 16.7. The summed E-state index contributed by atoms with van der Waals surface area (Å²) in [6.45, 7) is 2.41. The molecule has 0 radical (unpaired) electrons. The molecule has 3 amide bonds. The lowest BCUT2D eigenvalue weighted by Gasteiger charge is -2.31. The van der Waals surface area contributed by atoms with Crippen molar-refractivity contribution in [2.24, 2.45) is 0 Å². The summed E-state index contributed by atoms with van der Waals surface area (Å²) in [6, 6.07) is -3.59. The molecule has 0 aliphatic carbocycles. The van der Waals surface area contributed by atoms with E-state index >= 15 is 0 Å². The molecule has 2 saturated heterocycles. The molecule has 2 aliphatic heterocycles. The first-order valence-electron chi connectivity index (χ1n) is 9.42. The summed E-state index contributed by atoms with van der Waals surface area (Å²) < 4.78 is 0. The molecule has 28 heavy (non-hydrogen) atoms. The highest BCUT2D eigenvalue weighted by atomic mass is 32.1. The van der Waals surface area contributed by atoms with E-state index in [0.717, 1.165) is 13.0 Å². The van der Waals surface area contributed by atoms with Crippen LogP contribution in [0.4, 0.5) is 0 Å². The number of aliphatic hydroxyl groups excluding tert-OH is 1. The fourth-order valence-corrected chi connectivity index (χ4v) is 3.73. The van der Waals surface area contributed by atoms with Crippen molar-refractivity contribution in [3.8, 4) is 0 Å². The number of carboxylic acid groups (broad SMARTS) is 1. The molecule has 0 aromatic rings. The molecule has 0 bridgehead atoms. The Labute approximate surface area is 168 Å². The minimum Gasteiger partial charge on any atom is -0.480 e. The van der Waals surface area contributed by atoms with Gasteiger partial charge in [-0.3, -0.25) is 14.4 Å². The van der Waals surface area contributed by atoms with E-state index in [9.17, 15) is 24.3 Å². The van der Waals surface area contributed by atoms with E-state index in [1.165, 1.54) is 11.8 Å². The SMILES string of the molecule is CC(O)C(NC(=O)C1CCCN1)C(=O)N1CCCC1C(=O)NC(CS)C(=O)O. The lowest BCUT2D eigenvalue weighted by Crippen LogP contribution is -2.59. The van der Waals surface area contributed by atoms with Gasteiger partial charge in [0.1, 0.15) is 18.1 Å². The molecule has 2 aliphatic rings. The number of carboxylic acids is 1. The number of nitrogens with zero attached hydrogens (tertiary/aromatic N) is 1. The zero-order valence-electron chi connectivity index (χ0n) is 15.8. The van der Waals surface area contributed by atoms with Crippen molar-refractivity contribution >= 4 is 36.3 Å². The molecule has 0 spiro atoms. The molecule has 0 aromatic carbocycles. The number of amides is 3. The van der Waals surface area contributed by atoms with Gasteiger partial charge in [-0.25, -0.2) is 4.79 Å². The Hall–Kier alpha value is -1.85. The molecule has 10 nitrogen and oxygen atoms in total. The van der Waals surface area contributed by atoms with Crippen LogP contribution >= 0.6 is 12.6 Å². The molecule has 2 rings (SSSR count). The Morgan fingerprint density at radius 2 is 1.89 bits per heavy atom. The summed E-state index contributed by atoms with van der Waals surface area (Å²) in [6.07, 6.45) is 1.30. The second-order valence-electron chi connectivity index (χ2n) is 7.15. The van der Waals surface area contributed by atoms with E-state index in [1.807, 2.05) is 0 Å². The summed E-state index contributed by atoms with van der Waals surface area (Å²) in [7, 11) is 0. The van der Waals surface area contributed by atoms with E-state index < -0.39 is 48.1 Å². The summed E-state index contributed by atoms with van der Waals surface area (Å²) in [5.74, 6) is -2.80. The maximum atomic E-state index is 13.0. The Morgan fingerprint density at radius 1 is 1.18 bits per heavy atom. The average molecular weight is 417 g/mol. The van der Waals surface area contributed by atoms with Crippen molar-refractivity contribution in [2.45, 2.75) is 62.9 Å². The molecular formula is C17H28N4O6S. The zero-order chi connectivity index (χ0) is 20.8. The van der Waals surface area contributed by atoms with Crippen molar-refractivity contribution in [1.29, 1.82) is 0 Å². The number of hydrogen-bond donors (Lipinski definition) is 6. The lowest BCUT2D eigenvalue weighted by atomic mass is 10.1. The minimum atomic E-state index is -1.21. The summed E-state index contributed by atoms with van der Waals surface area (Å²) in [5.41, 5.74) is 0. The maximum absolute atomic E-state index is 13.0. The van der Waals surface area contributed by atoms with Crippen LogP contribution in [0.5, 0.6) is 0 Å². The second-order valence-corrected chi connectivity index (χ2v) is 7.51. The summed E-state index contributed by atoms with van der Waals surface area (Å²) >= 11 is 3.91. The van der Waals surface area contributed by atoms with Crippen LogP contribution in [0.25, 0.3) is 0 Å². The van der Waals surface area contributed by atoms with Crippen LogP contribution in [0.1, 0.15) is 32.6 Å². The number of thiol groups is 1. The van der Waals surface area contributed by atoms with Crippen LogP contribution in [0.2, 0.25) is 0 Å². The predicted molar refractivity (Wildman–Crippen MR) is 103 cm³/mol. The van der Waals surface area contributed by atoms with Crippen LogP contribution in [-0.2, 0) is 19.2 Å². The largest absolute Gasteiger partial charge is 0.480 e. The molecule has 2 fully saturated rings. The average Bonchev–Trinajstić information content (AvgIpc) is 3.34. The number of hydrogen-bond acceptors (Lipinski definition) is 7. The monoisotopic (exact) mass is 416 g/mol. The molecule has 5 N–H and O–H groups in total.